The average molecular weight is 274 g/mol. The lowest BCUT2D eigenvalue weighted by Crippen LogP contribution is -2.15. The number of ketones is 1. The molecule has 0 spiro atoms. The van der Waals surface area contributed by atoms with Crippen LogP contribution in [0.15, 0.2) is 28.0 Å². The fourth-order valence-electron chi connectivity index (χ4n) is 1.31. The van der Waals surface area contributed by atoms with Crippen molar-refractivity contribution in [1.82, 2.24) is 0 Å². The van der Waals surface area contributed by atoms with Crippen molar-refractivity contribution in [2.24, 2.45) is 0 Å². The molecule has 7 heteroatoms. The van der Waals surface area contributed by atoms with Gasteiger partial charge in [0.1, 0.15) is 0 Å². The second-order valence-corrected chi connectivity index (χ2v) is 6.04. The Morgan fingerprint density at radius 3 is 2.29 bits per heavy atom. The summed E-state index contributed by atoms with van der Waals surface area (Å²) in [7, 11) is -3.49. The Morgan fingerprint density at radius 1 is 1.29 bits per heavy atom. The number of hydrogen-bond acceptors (Lipinski definition) is 5. The molecule has 0 radical (unpaired) electrons. The predicted octanol–water partition coefficient (Wildman–Crippen LogP) is 1.08. The largest absolute Gasteiger partial charge is 0.475 e. The van der Waals surface area contributed by atoms with Gasteiger partial charge in [-0.2, -0.15) is 0 Å². The number of Topliss-reactive ketones (excluding diaryl/α,β-unsaturated/α-hetero) is 1. The molecular formula is C10H10O5S2. The maximum absolute atomic E-state index is 11.5. The van der Waals surface area contributed by atoms with E-state index >= 15 is 0 Å². The Bertz CT molecular complexity index is 574. The van der Waals surface area contributed by atoms with Crippen LogP contribution in [0.4, 0.5) is 0 Å². The minimum atomic E-state index is -3.49. The van der Waals surface area contributed by atoms with E-state index in [1.807, 2.05) is 0 Å². The number of carbonyl (C=O) groups excluding carboxylic acids is 1. The molecule has 92 valence electrons. The SMILES string of the molecule is CSc1c(C(=O)C(=O)O)cccc1S(C)(=O)=O. The third-order valence-electron chi connectivity index (χ3n) is 2.02. The Balaban J connectivity index is 3.55. The number of hydrogen-bond donors (Lipinski definition) is 1. The first kappa shape index (κ1) is 13.7. The summed E-state index contributed by atoms with van der Waals surface area (Å²) < 4.78 is 23.0. The monoisotopic (exact) mass is 274 g/mol. The summed E-state index contributed by atoms with van der Waals surface area (Å²) in [5, 5.41) is 8.64. The van der Waals surface area contributed by atoms with Gasteiger partial charge in [0.25, 0.3) is 5.78 Å². The minimum absolute atomic E-state index is 0.0305. The highest BCUT2D eigenvalue weighted by Gasteiger charge is 2.23. The van der Waals surface area contributed by atoms with Crippen LogP contribution in [0.25, 0.3) is 0 Å². The van der Waals surface area contributed by atoms with Gasteiger partial charge in [-0.25, -0.2) is 13.2 Å². The van der Waals surface area contributed by atoms with Gasteiger partial charge in [-0.15, -0.1) is 11.8 Å². The molecule has 1 N–H and O–H groups in total. The fourth-order valence-corrected chi connectivity index (χ4v) is 3.44. The zero-order chi connectivity index (χ0) is 13.2. The molecule has 0 aliphatic heterocycles. The normalized spacial score (nSPS) is 11.2. The molecule has 17 heavy (non-hydrogen) atoms. The van der Waals surface area contributed by atoms with E-state index in [1.165, 1.54) is 18.2 Å². The quantitative estimate of drug-likeness (QED) is 0.502. The first-order chi connectivity index (χ1) is 7.79. The van der Waals surface area contributed by atoms with Gasteiger partial charge in [-0.05, 0) is 18.4 Å². The topological polar surface area (TPSA) is 88.5 Å². The third kappa shape index (κ3) is 2.86. The molecule has 0 atom stereocenters. The zero-order valence-corrected chi connectivity index (χ0v) is 10.8. The highest BCUT2D eigenvalue weighted by atomic mass is 32.2. The smallest absolute Gasteiger partial charge is 0.377 e. The summed E-state index contributed by atoms with van der Waals surface area (Å²) in [6, 6.07) is 4.00. The van der Waals surface area contributed by atoms with Crippen molar-refractivity contribution in [3.05, 3.63) is 23.8 Å². The van der Waals surface area contributed by atoms with Gasteiger partial charge < -0.3 is 5.11 Å². The zero-order valence-electron chi connectivity index (χ0n) is 9.13. The molecule has 0 aromatic heterocycles. The van der Waals surface area contributed by atoms with Crippen LogP contribution in [0.1, 0.15) is 10.4 Å². The molecule has 0 unspecified atom stereocenters. The minimum Gasteiger partial charge on any atom is -0.475 e. The molecule has 0 aliphatic carbocycles. The van der Waals surface area contributed by atoms with Crippen LogP contribution in [0.2, 0.25) is 0 Å². The maximum atomic E-state index is 11.5. The molecule has 0 saturated carbocycles. The number of sulfone groups is 1. The molecular weight excluding hydrogens is 264 g/mol. The fraction of sp³-hybridized carbons (Fsp3) is 0.200. The van der Waals surface area contributed by atoms with Gasteiger partial charge in [0.05, 0.1) is 4.90 Å². The Hall–Kier alpha value is -1.34. The number of carbonyl (C=O) groups is 2. The number of rotatable bonds is 4. The number of aliphatic carboxylic acids is 1. The summed E-state index contributed by atoms with van der Waals surface area (Å²) in [6.07, 6.45) is 2.60. The molecule has 0 fully saturated rings. The standard InChI is InChI=1S/C10H10O5S2/c1-16-9-6(8(11)10(12)13)4-3-5-7(9)17(2,14)15/h3-5H,1-2H3,(H,12,13). The molecule has 5 nitrogen and oxygen atoms in total. The van der Waals surface area contributed by atoms with Crippen LogP contribution < -0.4 is 0 Å². The van der Waals surface area contributed by atoms with Crippen molar-refractivity contribution in [2.75, 3.05) is 12.5 Å². The lowest BCUT2D eigenvalue weighted by molar-refractivity contribution is -0.131. The highest BCUT2D eigenvalue weighted by molar-refractivity contribution is 7.99. The lowest BCUT2D eigenvalue weighted by Gasteiger charge is -2.09. The van der Waals surface area contributed by atoms with Crippen LogP contribution in [-0.4, -0.2) is 37.8 Å². The molecule has 0 heterocycles. The summed E-state index contributed by atoms with van der Waals surface area (Å²) in [4.78, 5) is 22.2. The van der Waals surface area contributed by atoms with Gasteiger partial charge in [-0.1, -0.05) is 6.07 Å². The first-order valence-electron chi connectivity index (χ1n) is 4.43. The van der Waals surface area contributed by atoms with Crippen molar-refractivity contribution in [2.45, 2.75) is 9.79 Å². The van der Waals surface area contributed by atoms with Gasteiger partial charge in [-0.3, -0.25) is 4.79 Å². The Morgan fingerprint density at radius 2 is 1.88 bits per heavy atom. The Labute approximate surface area is 103 Å². The second-order valence-electron chi connectivity index (χ2n) is 3.24. The summed E-state index contributed by atoms with van der Waals surface area (Å²) in [6.45, 7) is 0. The number of benzene rings is 1. The van der Waals surface area contributed by atoms with Crippen molar-refractivity contribution in [1.29, 1.82) is 0 Å². The summed E-state index contributed by atoms with van der Waals surface area (Å²) >= 11 is 1.03. The molecule has 0 bridgehead atoms. The number of thioether (sulfide) groups is 1. The van der Waals surface area contributed by atoms with Crippen LogP contribution >= 0.6 is 11.8 Å². The van der Waals surface area contributed by atoms with E-state index in [0.717, 1.165) is 18.0 Å². The van der Waals surface area contributed by atoms with E-state index in [-0.39, 0.29) is 15.4 Å². The number of carboxylic acids is 1. The Kier molecular flexibility index (Phi) is 3.94. The molecule has 0 amide bonds. The second kappa shape index (κ2) is 4.89. The van der Waals surface area contributed by atoms with Gasteiger partial charge in [0, 0.05) is 16.7 Å². The van der Waals surface area contributed by atoms with Crippen molar-refractivity contribution < 1.29 is 23.1 Å². The summed E-state index contributed by atoms with van der Waals surface area (Å²) in [5.41, 5.74) is -0.104. The molecule has 1 rings (SSSR count). The molecule has 0 aliphatic rings. The van der Waals surface area contributed by atoms with Crippen molar-refractivity contribution in [3.8, 4) is 0 Å². The first-order valence-corrected chi connectivity index (χ1v) is 7.55. The predicted molar refractivity (Wildman–Crippen MR) is 63.3 cm³/mol. The summed E-state index contributed by atoms with van der Waals surface area (Å²) in [5.74, 6) is -2.72. The average Bonchev–Trinajstić information content (AvgIpc) is 2.25. The van der Waals surface area contributed by atoms with Crippen LogP contribution in [0, 0.1) is 0 Å². The van der Waals surface area contributed by atoms with Gasteiger partial charge in [0.2, 0.25) is 0 Å². The van der Waals surface area contributed by atoms with Crippen LogP contribution in [-0.2, 0) is 14.6 Å². The van der Waals surface area contributed by atoms with E-state index in [2.05, 4.69) is 0 Å². The van der Waals surface area contributed by atoms with E-state index in [1.54, 1.807) is 6.26 Å². The number of carboxylic acid groups (broad SMARTS) is 1. The van der Waals surface area contributed by atoms with Gasteiger partial charge >= 0.3 is 5.97 Å². The maximum Gasteiger partial charge on any atom is 0.377 e. The highest BCUT2D eigenvalue weighted by Crippen LogP contribution is 2.28. The van der Waals surface area contributed by atoms with E-state index in [4.69, 9.17) is 5.11 Å². The molecule has 0 saturated heterocycles. The van der Waals surface area contributed by atoms with E-state index in [9.17, 15) is 18.0 Å². The molecule has 1 aromatic rings. The van der Waals surface area contributed by atoms with Crippen molar-refractivity contribution in [3.63, 3.8) is 0 Å². The lowest BCUT2D eigenvalue weighted by atomic mass is 10.1. The third-order valence-corrected chi connectivity index (χ3v) is 4.14. The van der Waals surface area contributed by atoms with Gasteiger partial charge in [0.15, 0.2) is 9.84 Å². The van der Waals surface area contributed by atoms with Crippen LogP contribution in [0.3, 0.4) is 0 Å². The molecule has 1 aromatic carbocycles. The van der Waals surface area contributed by atoms with E-state index in [0.29, 0.717) is 0 Å². The van der Waals surface area contributed by atoms with E-state index < -0.39 is 21.6 Å². The van der Waals surface area contributed by atoms with Crippen LogP contribution in [0.5, 0.6) is 0 Å². The van der Waals surface area contributed by atoms with Crippen molar-refractivity contribution >= 4 is 33.4 Å².